The molecule has 17 heavy (non-hydrogen) atoms. The SMILES string of the molecule is CC(N)CC(=O)Nc1ccc2c(c1)CCCS2. The van der Waals surface area contributed by atoms with Crippen molar-refractivity contribution in [1.82, 2.24) is 0 Å². The number of rotatable bonds is 3. The number of hydrogen-bond donors (Lipinski definition) is 2. The second-order valence-corrected chi connectivity index (χ2v) is 5.64. The van der Waals surface area contributed by atoms with E-state index in [0.717, 1.165) is 12.1 Å². The summed E-state index contributed by atoms with van der Waals surface area (Å²) in [5.74, 6) is 1.19. The summed E-state index contributed by atoms with van der Waals surface area (Å²) in [5, 5.41) is 2.90. The van der Waals surface area contributed by atoms with Crippen LogP contribution >= 0.6 is 11.8 Å². The van der Waals surface area contributed by atoms with E-state index in [1.54, 1.807) is 0 Å². The monoisotopic (exact) mass is 250 g/mol. The van der Waals surface area contributed by atoms with Crippen LogP contribution in [0.2, 0.25) is 0 Å². The van der Waals surface area contributed by atoms with E-state index in [9.17, 15) is 4.79 Å². The van der Waals surface area contributed by atoms with E-state index >= 15 is 0 Å². The van der Waals surface area contributed by atoms with Crippen LogP contribution in [0.1, 0.15) is 25.3 Å². The van der Waals surface area contributed by atoms with Crippen LogP contribution in [-0.4, -0.2) is 17.7 Å². The number of anilines is 1. The first-order valence-electron chi connectivity index (χ1n) is 5.96. The Bertz CT molecular complexity index is 418. The first-order valence-corrected chi connectivity index (χ1v) is 6.95. The highest BCUT2D eigenvalue weighted by atomic mass is 32.2. The lowest BCUT2D eigenvalue weighted by Gasteiger charge is -2.16. The van der Waals surface area contributed by atoms with Gasteiger partial charge in [0.05, 0.1) is 0 Å². The summed E-state index contributed by atoms with van der Waals surface area (Å²) in [5.41, 5.74) is 7.83. The minimum absolute atomic E-state index is 0.0107. The van der Waals surface area contributed by atoms with E-state index in [1.807, 2.05) is 24.8 Å². The topological polar surface area (TPSA) is 55.1 Å². The molecule has 0 spiro atoms. The molecule has 0 saturated heterocycles. The molecule has 1 heterocycles. The van der Waals surface area contributed by atoms with Crippen LogP contribution in [-0.2, 0) is 11.2 Å². The molecule has 1 unspecified atom stereocenters. The maximum absolute atomic E-state index is 11.6. The number of nitrogens with two attached hydrogens (primary N) is 1. The normalized spacial score (nSPS) is 16.1. The largest absolute Gasteiger partial charge is 0.327 e. The molecule has 1 aromatic carbocycles. The van der Waals surface area contributed by atoms with Gasteiger partial charge in [0.1, 0.15) is 0 Å². The van der Waals surface area contributed by atoms with E-state index in [4.69, 9.17) is 5.73 Å². The van der Waals surface area contributed by atoms with Crippen molar-refractivity contribution in [2.45, 2.75) is 37.1 Å². The quantitative estimate of drug-likeness (QED) is 0.866. The van der Waals surface area contributed by atoms with Gasteiger partial charge in [0.25, 0.3) is 0 Å². The van der Waals surface area contributed by atoms with Crippen molar-refractivity contribution in [3.8, 4) is 0 Å². The van der Waals surface area contributed by atoms with Crippen molar-refractivity contribution >= 4 is 23.4 Å². The van der Waals surface area contributed by atoms with E-state index in [0.29, 0.717) is 6.42 Å². The van der Waals surface area contributed by atoms with Crippen molar-refractivity contribution in [3.63, 3.8) is 0 Å². The zero-order chi connectivity index (χ0) is 12.3. The summed E-state index contributed by atoms with van der Waals surface area (Å²) in [4.78, 5) is 12.9. The lowest BCUT2D eigenvalue weighted by Crippen LogP contribution is -2.24. The fourth-order valence-electron chi connectivity index (χ4n) is 1.94. The average molecular weight is 250 g/mol. The van der Waals surface area contributed by atoms with E-state index < -0.39 is 0 Å². The summed E-state index contributed by atoms with van der Waals surface area (Å²) >= 11 is 1.89. The molecule has 0 fully saturated rings. The van der Waals surface area contributed by atoms with Gasteiger partial charge >= 0.3 is 0 Å². The molecule has 4 heteroatoms. The summed E-state index contributed by atoms with van der Waals surface area (Å²) in [7, 11) is 0. The molecule has 1 aromatic rings. The van der Waals surface area contributed by atoms with Gasteiger partial charge in [0.15, 0.2) is 0 Å². The van der Waals surface area contributed by atoms with Crippen molar-refractivity contribution in [2.75, 3.05) is 11.1 Å². The number of nitrogens with one attached hydrogen (secondary N) is 1. The third-order valence-electron chi connectivity index (χ3n) is 2.70. The molecule has 3 nitrogen and oxygen atoms in total. The van der Waals surface area contributed by atoms with Gasteiger partial charge in [-0.15, -0.1) is 11.8 Å². The molecule has 0 saturated carbocycles. The third-order valence-corrected chi connectivity index (χ3v) is 3.90. The number of thioether (sulfide) groups is 1. The Kier molecular flexibility index (Phi) is 4.07. The predicted octanol–water partition coefficient (Wildman–Crippen LogP) is 2.40. The fraction of sp³-hybridized carbons (Fsp3) is 0.462. The van der Waals surface area contributed by atoms with Crippen LogP contribution in [0.15, 0.2) is 23.1 Å². The Morgan fingerprint density at radius 2 is 2.41 bits per heavy atom. The van der Waals surface area contributed by atoms with Crippen LogP contribution in [0.5, 0.6) is 0 Å². The lowest BCUT2D eigenvalue weighted by atomic mass is 10.1. The number of fused-ring (bicyclic) bond motifs is 1. The highest BCUT2D eigenvalue weighted by molar-refractivity contribution is 7.99. The molecule has 1 atom stereocenters. The maximum Gasteiger partial charge on any atom is 0.225 e. The Morgan fingerprint density at radius 1 is 1.59 bits per heavy atom. The molecular weight excluding hydrogens is 232 g/mol. The third kappa shape index (κ3) is 3.48. The first-order chi connectivity index (χ1) is 8.15. The minimum Gasteiger partial charge on any atom is -0.327 e. The van der Waals surface area contributed by atoms with Gasteiger partial charge in [0.2, 0.25) is 5.91 Å². The second-order valence-electron chi connectivity index (χ2n) is 4.50. The predicted molar refractivity (Wildman–Crippen MR) is 72.4 cm³/mol. The van der Waals surface area contributed by atoms with Gasteiger partial charge in [-0.1, -0.05) is 0 Å². The van der Waals surface area contributed by atoms with Crippen LogP contribution in [0, 0.1) is 0 Å². The van der Waals surface area contributed by atoms with Gasteiger partial charge in [-0.2, -0.15) is 0 Å². The smallest absolute Gasteiger partial charge is 0.225 e. The number of amides is 1. The number of carbonyl (C=O) groups excluding carboxylic acids is 1. The van der Waals surface area contributed by atoms with Crippen LogP contribution in [0.25, 0.3) is 0 Å². The molecule has 92 valence electrons. The van der Waals surface area contributed by atoms with Gasteiger partial charge in [-0.05, 0) is 49.3 Å². The van der Waals surface area contributed by atoms with E-state index in [2.05, 4.69) is 17.4 Å². The Morgan fingerprint density at radius 3 is 3.18 bits per heavy atom. The van der Waals surface area contributed by atoms with Crippen molar-refractivity contribution in [1.29, 1.82) is 0 Å². The number of carbonyl (C=O) groups is 1. The van der Waals surface area contributed by atoms with Crippen molar-refractivity contribution in [2.24, 2.45) is 5.73 Å². The summed E-state index contributed by atoms with van der Waals surface area (Å²) in [6.07, 6.45) is 2.69. The van der Waals surface area contributed by atoms with Crippen molar-refractivity contribution < 1.29 is 4.79 Å². The molecule has 0 aromatic heterocycles. The standard InChI is InChI=1S/C13H18N2OS/c1-9(14)7-13(16)15-11-4-5-12-10(8-11)3-2-6-17-12/h4-5,8-9H,2-3,6-7,14H2,1H3,(H,15,16). The zero-order valence-corrected chi connectivity index (χ0v) is 10.8. The zero-order valence-electron chi connectivity index (χ0n) is 10.0. The number of benzene rings is 1. The Hall–Kier alpha value is -1.00. The molecule has 1 amide bonds. The highest BCUT2D eigenvalue weighted by Gasteiger charge is 2.11. The molecule has 1 aliphatic heterocycles. The van der Waals surface area contributed by atoms with Gasteiger partial charge in [-0.3, -0.25) is 4.79 Å². The molecule has 2 rings (SSSR count). The van der Waals surface area contributed by atoms with Gasteiger partial charge in [-0.25, -0.2) is 0 Å². The van der Waals surface area contributed by atoms with Crippen LogP contribution < -0.4 is 11.1 Å². The summed E-state index contributed by atoms with van der Waals surface area (Å²) < 4.78 is 0. The molecular formula is C13H18N2OS. The minimum atomic E-state index is -0.0943. The lowest BCUT2D eigenvalue weighted by molar-refractivity contribution is -0.116. The van der Waals surface area contributed by atoms with E-state index in [1.165, 1.54) is 22.6 Å². The Balaban J connectivity index is 2.04. The van der Waals surface area contributed by atoms with Crippen LogP contribution in [0.3, 0.4) is 0 Å². The maximum atomic E-state index is 11.6. The fourth-order valence-corrected chi connectivity index (χ4v) is 2.96. The van der Waals surface area contributed by atoms with Gasteiger partial charge < -0.3 is 11.1 Å². The van der Waals surface area contributed by atoms with Crippen molar-refractivity contribution in [3.05, 3.63) is 23.8 Å². The summed E-state index contributed by atoms with van der Waals surface area (Å²) in [6.45, 7) is 1.84. The highest BCUT2D eigenvalue weighted by Crippen LogP contribution is 2.31. The van der Waals surface area contributed by atoms with Gasteiger partial charge in [0, 0.05) is 23.0 Å². The molecule has 0 radical (unpaired) electrons. The number of aryl methyl sites for hydroxylation is 1. The molecule has 1 aliphatic rings. The second kappa shape index (κ2) is 5.56. The molecule has 0 aliphatic carbocycles. The Labute approximate surface area is 106 Å². The molecule has 0 bridgehead atoms. The first kappa shape index (κ1) is 12.5. The van der Waals surface area contributed by atoms with Crippen LogP contribution in [0.4, 0.5) is 5.69 Å². The summed E-state index contributed by atoms with van der Waals surface area (Å²) in [6, 6.07) is 6.06. The average Bonchev–Trinajstić information content (AvgIpc) is 2.27. The van der Waals surface area contributed by atoms with E-state index in [-0.39, 0.29) is 11.9 Å². The molecule has 3 N–H and O–H groups in total. The number of hydrogen-bond acceptors (Lipinski definition) is 3.